The number of nitrogens with one attached hydrogen (secondary N) is 1. The molecule has 1 fully saturated rings. The van der Waals surface area contributed by atoms with Crippen molar-refractivity contribution in [3.63, 3.8) is 0 Å². The fraction of sp³-hybridized carbons (Fsp3) is 0.269. The van der Waals surface area contributed by atoms with Crippen LogP contribution in [-0.4, -0.2) is 69.6 Å². The highest BCUT2D eigenvalue weighted by Gasteiger charge is 2.31. The Morgan fingerprint density at radius 2 is 1.74 bits per heavy atom. The van der Waals surface area contributed by atoms with Gasteiger partial charge in [0.05, 0.1) is 11.8 Å². The van der Waals surface area contributed by atoms with E-state index in [0.717, 1.165) is 0 Å². The van der Waals surface area contributed by atoms with E-state index in [9.17, 15) is 23.1 Å². The van der Waals surface area contributed by atoms with Crippen LogP contribution in [0.25, 0.3) is 22.2 Å². The summed E-state index contributed by atoms with van der Waals surface area (Å²) in [5.74, 6) is -0.202. The van der Waals surface area contributed by atoms with E-state index in [1.807, 2.05) is 0 Å². The lowest BCUT2D eigenvalue weighted by molar-refractivity contribution is 0.0698. The van der Waals surface area contributed by atoms with Crippen LogP contribution < -0.4 is 5.56 Å². The summed E-state index contributed by atoms with van der Waals surface area (Å²) in [5.41, 5.74) is 2.19. The zero-order valence-electron chi connectivity index (χ0n) is 20.8. The molecule has 2 N–H and O–H groups in total. The molecule has 1 aliphatic heterocycles. The monoisotopic (exact) mass is 555 g/mol. The van der Waals surface area contributed by atoms with Crippen LogP contribution in [0.5, 0.6) is 0 Å². The highest BCUT2D eigenvalue weighted by Crippen LogP contribution is 2.25. The van der Waals surface area contributed by atoms with Crippen LogP contribution in [0.15, 0.2) is 64.4 Å². The number of carbonyl (C=O) groups excluding carboxylic acids is 1. The summed E-state index contributed by atoms with van der Waals surface area (Å²) in [6.07, 6.45) is -0.937. The Labute approximate surface area is 224 Å². The number of aromatic nitrogens is 3. The maximum Gasteiger partial charge on any atom is 0.272 e. The Balaban J connectivity index is 1.27. The smallest absolute Gasteiger partial charge is 0.272 e. The molecular formula is C26H26ClN5O5S. The number of carbonyl (C=O) groups is 1. The first-order valence-corrected chi connectivity index (χ1v) is 13.8. The number of aliphatic hydroxyl groups is 1. The SMILES string of the molecule is CC(O)c1cc(-c2ccc(C(=O)N3CCN(S(=O)(=O)c4cc5cc(Cl)ccc5[nH]4)CC3)cc2)nn(C)c1=O. The number of aliphatic hydroxyl groups excluding tert-OH is 1. The fourth-order valence-corrected chi connectivity index (χ4v) is 6.14. The molecule has 3 heterocycles. The third kappa shape index (κ3) is 4.85. The number of H-pyrrole nitrogens is 1. The van der Waals surface area contributed by atoms with Crippen LogP contribution in [-0.2, 0) is 17.1 Å². The molecule has 1 unspecified atom stereocenters. The number of hydrogen-bond donors (Lipinski definition) is 2. The van der Waals surface area contributed by atoms with Crippen LogP contribution in [0, 0.1) is 0 Å². The van der Waals surface area contributed by atoms with Gasteiger partial charge >= 0.3 is 0 Å². The van der Waals surface area contributed by atoms with Crippen molar-refractivity contribution in [2.45, 2.75) is 18.1 Å². The van der Waals surface area contributed by atoms with Crippen molar-refractivity contribution in [3.05, 3.63) is 81.1 Å². The van der Waals surface area contributed by atoms with Gasteiger partial charge in [0, 0.05) is 65.8 Å². The highest BCUT2D eigenvalue weighted by molar-refractivity contribution is 7.89. The maximum atomic E-state index is 13.2. The summed E-state index contributed by atoms with van der Waals surface area (Å²) in [5, 5.41) is 15.5. The number of fused-ring (bicyclic) bond motifs is 1. The zero-order valence-corrected chi connectivity index (χ0v) is 22.3. The second-order valence-electron chi connectivity index (χ2n) is 9.23. The number of amides is 1. The van der Waals surface area contributed by atoms with E-state index in [4.69, 9.17) is 11.6 Å². The third-order valence-corrected chi connectivity index (χ3v) is 8.73. The largest absolute Gasteiger partial charge is 0.388 e. The van der Waals surface area contributed by atoms with Crippen molar-refractivity contribution in [2.75, 3.05) is 26.2 Å². The minimum absolute atomic E-state index is 0.0934. The van der Waals surface area contributed by atoms with E-state index >= 15 is 0 Å². The molecule has 38 heavy (non-hydrogen) atoms. The number of sulfonamides is 1. The summed E-state index contributed by atoms with van der Waals surface area (Å²) >= 11 is 6.02. The molecule has 0 saturated carbocycles. The highest BCUT2D eigenvalue weighted by atomic mass is 35.5. The van der Waals surface area contributed by atoms with Gasteiger partial charge in [0.25, 0.3) is 21.5 Å². The first-order valence-electron chi connectivity index (χ1n) is 12.0. The predicted octanol–water partition coefficient (Wildman–Crippen LogP) is 2.78. The third-order valence-electron chi connectivity index (χ3n) is 6.67. The molecule has 2 aromatic carbocycles. The van der Waals surface area contributed by atoms with Crippen LogP contribution in [0.4, 0.5) is 0 Å². The second-order valence-corrected chi connectivity index (χ2v) is 11.6. The zero-order chi connectivity index (χ0) is 27.2. The average molecular weight is 556 g/mol. The number of aromatic amines is 1. The first-order chi connectivity index (χ1) is 18.0. The first kappa shape index (κ1) is 26.1. The maximum absolute atomic E-state index is 13.2. The summed E-state index contributed by atoms with van der Waals surface area (Å²) in [6.45, 7) is 2.38. The van der Waals surface area contributed by atoms with E-state index in [0.29, 0.717) is 32.7 Å². The molecule has 1 atom stereocenters. The predicted molar refractivity (Wildman–Crippen MR) is 144 cm³/mol. The van der Waals surface area contributed by atoms with Crippen LogP contribution in [0.3, 0.4) is 0 Å². The lowest BCUT2D eigenvalue weighted by atomic mass is 10.1. The molecule has 1 saturated heterocycles. The van der Waals surface area contributed by atoms with Gasteiger partial charge in [-0.05, 0) is 49.4 Å². The molecule has 0 spiro atoms. The summed E-state index contributed by atoms with van der Waals surface area (Å²) in [6, 6.07) is 15.1. The van der Waals surface area contributed by atoms with Gasteiger partial charge in [0.15, 0.2) is 0 Å². The van der Waals surface area contributed by atoms with Crippen molar-refractivity contribution >= 4 is 38.4 Å². The van der Waals surface area contributed by atoms with Crippen LogP contribution in [0.2, 0.25) is 5.02 Å². The van der Waals surface area contributed by atoms with Crippen LogP contribution in [0.1, 0.15) is 28.9 Å². The number of rotatable bonds is 5. The van der Waals surface area contributed by atoms with E-state index < -0.39 is 16.1 Å². The van der Waals surface area contributed by atoms with Crippen molar-refractivity contribution in [1.82, 2.24) is 24.0 Å². The Bertz CT molecular complexity index is 1690. The standard InChI is InChI=1S/C26H26ClN5O5S/c1-16(33)21-15-23(29-30(2)26(21)35)17-3-5-18(6-4-17)25(34)31-9-11-32(12-10-31)38(36,37)24-14-19-13-20(27)7-8-22(19)28-24/h3-8,13-16,28,33H,9-12H2,1-2H3. The van der Waals surface area contributed by atoms with Gasteiger partial charge in [0.2, 0.25) is 0 Å². The summed E-state index contributed by atoms with van der Waals surface area (Å²) < 4.78 is 28.9. The molecule has 1 amide bonds. The van der Waals surface area contributed by atoms with Gasteiger partial charge in [-0.2, -0.15) is 9.40 Å². The molecule has 0 radical (unpaired) electrons. The van der Waals surface area contributed by atoms with E-state index in [1.54, 1.807) is 59.5 Å². The molecule has 2 aromatic heterocycles. The molecule has 10 nitrogen and oxygen atoms in total. The van der Waals surface area contributed by atoms with Crippen molar-refractivity contribution in [2.24, 2.45) is 7.05 Å². The van der Waals surface area contributed by atoms with Gasteiger partial charge < -0.3 is 15.0 Å². The molecule has 0 bridgehead atoms. The van der Waals surface area contributed by atoms with Gasteiger partial charge in [-0.1, -0.05) is 23.7 Å². The Kier molecular flexibility index (Phi) is 6.86. The fourth-order valence-electron chi connectivity index (χ4n) is 4.52. The molecule has 5 rings (SSSR count). The number of hydrogen-bond acceptors (Lipinski definition) is 6. The minimum atomic E-state index is -3.76. The Hall–Kier alpha value is -3.51. The van der Waals surface area contributed by atoms with E-state index in [2.05, 4.69) is 10.1 Å². The van der Waals surface area contributed by atoms with Crippen LogP contribution >= 0.6 is 11.6 Å². The lowest BCUT2D eigenvalue weighted by Crippen LogP contribution is -2.50. The molecule has 1 aliphatic rings. The topological polar surface area (TPSA) is 129 Å². The van der Waals surface area contributed by atoms with Crippen molar-refractivity contribution in [1.29, 1.82) is 0 Å². The van der Waals surface area contributed by atoms with Crippen molar-refractivity contribution < 1.29 is 18.3 Å². The quantitative estimate of drug-likeness (QED) is 0.390. The van der Waals surface area contributed by atoms with Gasteiger partial charge in [-0.3, -0.25) is 9.59 Å². The Morgan fingerprint density at radius 3 is 2.39 bits per heavy atom. The number of piperazine rings is 1. The summed E-state index contributed by atoms with van der Waals surface area (Å²) in [4.78, 5) is 29.9. The molecule has 0 aliphatic carbocycles. The minimum Gasteiger partial charge on any atom is -0.388 e. The van der Waals surface area contributed by atoms with E-state index in [-0.39, 0.29) is 48.2 Å². The lowest BCUT2D eigenvalue weighted by Gasteiger charge is -2.33. The number of nitrogens with zero attached hydrogens (tertiary/aromatic N) is 4. The number of benzene rings is 2. The normalized spacial score (nSPS) is 15.6. The summed E-state index contributed by atoms with van der Waals surface area (Å²) in [7, 11) is -2.24. The Morgan fingerprint density at radius 1 is 1.05 bits per heavy atom. The molecule has 12 heteroatoms. The van der Waals surface area contributed by atoms with Gasteiger partial charge in [-0.15, -0.1) is 0 Å². The number of aryl methyl sites for hydroxylation is 1. The van der Waals surface area contributed by atoms with Gasteiger partial charge in [0.1, 0.15) is 5.03 Å². The molecular weight excluding hydrogens is 530 g/mol. The molecule has 198 valence electrons. The average Bonchev–Trinajstić information content (AvgIpc) is 3.34. The van der Waals surface area contributed by atoms with Gasteiger partial charge in [-0.25, -0.2) is 13.1 Å². The molecule has 4 aromatic rings. The van der Waals surface area contributed by atoms with Crippen molar-refractivity contribution in [3.8, 4) is 11.3 Å². The van der Waals surface area contributed by atoms with E-state index in [1.165, 1.54) is 23.0 Å². The second kappa shape index (κ2) is 9.99. The number of halogens is 1.